The minimum Gasteiger partial charge on any atom is -0.352 e. The average Bonchev–Trinajstić information content (AvgIpc) is 3.26. The van der Waals surface area contributed by atoms with Crippen LogP contribution in [-0.4, -0.2) is 30.8 Å². The summed E-state index contributed by atoms with van der Waals surface area (Å²) in [5.74, 6) is -0.314. The Labute approximate surface area is 166 Å². The van der Waals surface area contributed by atoms with Gasteiger partial charge < -0.3 is 4.74 Å². The summed E-state index contributed by atoms with van der Waals surface area (Å²) in [6.45, 7) is 3.78. The monoisotopic (exact) mass is 399 g/mol. The van der Waals surface area contributed by atoms with E-state index in [1.165, 1.54) is 4.31 Å². The molecule has 1 heterocycles. The number of hydrogen-bond donors (Lipinski definition) is 0. The van der Waals surface area contributed by atoms with E-state index in [-0.39, 0.29) is 10.7 Å². The Balaban J connectivity index is 1.76. The Bertz CT molecular complexity index is 956. The van der Waals surface area contributed by atoms with Crippen molar-refractivity contribution < 1.29 is 17.9 Å². The maximum atomic E-state index is 13.5. The molecule has 4 atom stereocenters. The molecule has 1 saturated carbocycles. The van der Waals surface area contributed by atoms with E-state index in [1.807, 2.05) is 44.2 Å². The molecule has 0 spiro atoms. The van der Waals surface area contributed by atoms with Gasteiger partial charge in [-0.15, -0.1) is 0 Å². The topological polar surface area (TPSA) is 63.7 Å². The van der Waals surface area contributed by atoms with Crippen LogP contribution in [0.15, 0.2) is 59.5 Å². The molecule has 6 heteroatoms. The van der Waals surface area contributed by atoms with Gasteiger partial charge in [-0.2, -0.15) is 4.31 Å². The summed E-state index contributed by atoms with van der Waals surface area (Å²) < 4.78 is 34.8. The number of carbonyl (C=O) groups excluding carboxylic acids is 1. The molecule has 0 aromatic heterocycles. The number of nitrogens with zero attached hydrogens (tertiary/aromatic N) is 1. The summed E-state index contributed by atoms with van der Waals surface area (Å²) in [7, 11) is -3.80. The van der Waals surface area contributed by atoms with Crippen molar-refractivity contribution in [2.45, 2.75) is 56.4 Å². The third-order valence-electron chi connectivity index (χ3n) is 5.80. The summed E-state index contributed by atoms with van der Waals surface area (Å²) in [4.78, 5) is 12.7. The van der Waals surface area contributed by atoms with Crippen LogP contribution in [0.3, 0.4) is 0 Å². The summed E-state index contributed by atoms with van der Waals surface area (Å²) >= 11 is 0. The maximum absolute atomic E-state index is 13.5. The first-order valence-electron chi connectivity index (χ1n) is 9.73. The van der Waals surface area contributed by atoms with Gasteiger partial charge in [-0.1, -0.05) is 48.0 Å². The summed E-state index contributed by atoms with van der Waals surface area (Å²) in [6.07, 6.45) is 0.776. The Hall–Kier alpha value is -2.02. The smallest absolute Gasteiger partial charge is 0.245 e. The molecular formula is C22H25NO4S. The van der Waals surface area contributed by atoms with Gasteiger partial charge in [-0.25, -0.2) is 8.42 Å². The number of ether oxygens (including phenoxy) is 1. The largest absolute Gasteiger partial charge is 0.352 e. The van der Waals surface area contributed by atoms with E-state index in [4.69, 9.17) is 4.74 Å². The molecule has 148 valence electrons. The van der Waals surface area contributed by atoms with Crippen molar-refractivity contribution in [2.75, 3.05) is 0 Å². The average molecular weight is 400 g/mol. The van der Waals surface area contributed by atoms with Crippen molar-refractivity contribution in [2.24, 2.45) is 5.92 Å². The molecule has 28 heavy (non-hydrogen) atoms. The van der Waals surface area contributed by atoms with Crippen LogP contribution in [0.1, 0.15) is 43.4 Å². The number of ketones is 1. The fourth-order valence-corrected chi connectivity index (χ4v) is 6.03. The molecule has 0 amide bonds. The van der Waals surface area contributed by atoms with Gasteiger partial charge in [0.2, 0.25) is 10.0 Å². The van der Waals surface area contributed by atoms with Gasteiger partial charge in [0.1, 0.15) is 18.1 Å². The van der Waals surface area contributed by atoms with Crippen molar-refractivity contribution in [3.8, 4) is 0 Å². The van der Waals surface area contributed by atoms with Crippen molar-refractivity contribution in [3.05, 3.63) is 65.7 Å². The molecule has 1 aliphatic carbocycles. The maximum Gasteiger partial charge on any atom is 0.245 e. The molecule has 2 aliphatic rings. The molecule has 1 aliphatic heterocycles. The molecule has 5 nitrogen and oxygen atoms in total. The van der Waals surface area contributed by atoms with Crippen LogP contribution in [0.25, 0.3) is 0 Å². The van der Waals surface area contributed by atoms with E-state index in [9.17, 15) is 13.2 Å². The number of rotatable bonds is 4. The van der Waals surface area contributed by atoms with Crippen LogP contribution in [0.4, 0.5) is 0 Å². The second kappa shape index (κ2) is 7.43. The predicted octanol–water partition coefficient (Wildman–Crippen LogP) is 3.84. The van der Waals surface area contributed by atoms with Crippen molar-refractivity contribution in [1.82, 2.24) is 4.31 Å². The van der Waals surface area contributed by atoms with Crippen LogP contribution in [0.2, 0.25) is 0 Å². The predicted molar refractivity (Wildman–Crippen MR) is 106 cm³/mol. The fraction of sp³-hybridized carbons (Fsp3) is 0.409. The first-order valence-corrected chi connectivity index (χ1v) is 11.2. The lowest BCUT2D eigenvalue weighted by molar-refractivity contribution is -0.127. The van der Waals surface area contributed by atoms with Crippen molar-refractivity contribution in [1.29, 1.82) is 0 Å². The molecule has 2 aromatic rings. The van der Waals surface area contributed by atoms with Crippen LogP contribution in [0.5, 0.6) is 0 Å². The lowest BCUT2D eigenvalue weighted by Crippen LogP contribution is -2.45. The van der Waals surface area contributed by atoms with E-state index in [0.29, 0.717) is 12.8 Å². The Morgan fingerprint density at radius 2 is 1.71 bits per heavy atom. The van der Waals surface area contributed by atoms with Gasteiger partial charge in [0.15, 0.2) is 0 Å². The van der Waals surface area contributed by atoms with Gasteiger partial charge in [-0.05, 0) is 44.4 Å². The second-order valence-electron chi connectivity index (χ2n) is 7.71. The number of sulfonamides is 1. The fourth-order valence-electron chi connectivity index (χ4n) is 4.29. The van der Waals surface area contributed by atoms with Crippen molar-refractivity contribution in [3.63, 3.8) is 0 Å². The first kappa shape index (κ1) is 19.3. The second-order valence-corrected chi connectivity index (χ2v) is 9.55. The van der Waals surface area contributed by atoms with Crippen LogP contribution in [-0.2, 0) is 19.6 Å². The van der Waals surface area contributed by atoms with Crippen molar-refractivity contribution >= 4 is 15.8 Å². The van der Waals surface area contributed by atoms with E-state index < -0.39 is 34.3 Å². The summed E-state index contributed by atoms with van der Waals surface area (Å²) in [6, 6.07) is 16.1. The lowest BCUT2D eigenvalue weighted by atomic mass is 10.0. The highest BCUT2D eigenvalue weighted by molar-refractivity contribution is 7.89. The molecule has 0 N–H and O–H groups in total. The zero-order valence-corrected chi connectivity index (χ0v) is 16.9. The summed E-state index contributed by atoms with van der Waals surface area (Å²) in [5, 5.41) is 0. The Kier molecular flexibility index (Phi) is 5.12. The van der Waals surface area contributed by atoms with Gasteiger partial charge in [0, 0.05) is 6.42 Å². The van der Waals surface area contributed by atoms with Gasteiger partial charge in [0.25, 0.3) is 0 Å². The third-order valence-corrected chi connectivity index (χ3v) is 7.76. The van der Waals surface area contributed by atoms with E-state index >= 15 is 0 Å². The first-order chi connectivity index (χ1) is 13.4. The molecular weight excluding hydrogens is 374 g/mol. The zero-order valence-electron chi connectivity index (χ0n) is 16.1. The quantitative estimate of drug-likeness (QED) is 0.784. The molecule has 0 radical (unpaired) electrons. The molecule has 2 aromatic carbocycles. The van der Waals surface area contributed by atoms with E-state index in [2.05, 4.69) is 0 Å². The van der Waals surface area contributed by atoms with Gasteiger partial charge in [0.05, 0.1) is 16.9 Å². The number of hydrogen-bond acceptors (Lipinski definition) is 4. The van der Waals surface area contributed by atoms with E-state index in [1.54, 1.807) is 24.3 Å². The minimum absolute atomic E-state index is 0.0926. The van der Waals surface area contributed by atoms with Crippen LogP contribution >= 0.6 is 0 Å². The molecule has 0 bridgehead atoms. The lowest BCUT2D eigenvalue weighted by Gasteiger charge is -2.28. The molecule has 1 saturated heterocycles. The molecule has 4 rings (SSSR count). The SMILES string of the molecule is Cc1ccc(S(=O)(=O)N2[C@H](C)[C@@H](c3ccccc3)O[C@@H]2[C@H]2CCCC2=O)cc1. The zero-order chi connectivity index (χ0) is 19.9. The normalized spacial score (nSPS) is 28.7. The number of carbonyl (C=O) groups is 1. The summed E-state index contributed by atoms with van der Waals surface area (Å²) in [5.41, 5.74) is 1.92. The highest BCUT2D eigenvalue weighted by Gasteiger charge is 2.52. The Morgan fingerprint density at radius 1 is 1.04 bits per heavy atom. The highest BCUT2D eigenvalue weighted by Crippen LogP contribution is 2.43. The highest BCUT2D eigenvalue weighted by atomic mass is 32.2. The molecule has 2 fully saturated rings. The van der Waals surface area contributed by atoms with Crippen LogP contribution in [0, 0.1) is 12.8 Å². The third kappa shape index (κ3) is 3.30. The minimum atomic E-state index is -3.80. The Morgan fingerprint density at radius 3 is 2.32 bits per heavy atom. The van der Waals surface area contributed by atoms with Gasteiger partial charge in [-0.3, -0.25) is 4.79 Å². The molecule has 0 unspecified atom stereocenters. The van der Waals surface area contributed by atoms with Gasteiger partial charge >= 0.3 is 0 Å². The standard InChI is InChI=1S/C22H25NO4S/c1-15-11-13-18(14-12-15)28(25,26)23-16(2)21(17-7-4-3-5-8-17)27-22(23)19-9-6-10-20(19)24/h3-5,7-8,11-14,16,19,21-22H,6,9-10H2,1-2H3/t16-,19+,21+,22-/m1/s1. The van der Waals surface area contributed by atoms with Crippen LogP contribution < -0.4 is 0 Å². The number of aryl methyl sites for hydroxylation is 1. The number of benzene rings is 2. The number of Topliss-reactive ketones (excluding diaryl/α,β-unsaturated/α-hetero) is 1. The van der Waals surface area contributed by atoms with E-state index in [0.717, 1.165) is 17.5 Å².